The van der Waals surface area contributed by atoms with Crippen molar-refractivity contribution in [3.05, 3.63) is 62.4 Å². The number of hydrogen-bond donors (Lipinski definition) is 3. The lowest BCUT2D eigenvalue weighted by atomic mass is 10.1. The zero-order chi connectivity index (χ0) is 18.0. The summed E-state index contributed by atoms with van der Waals surface area (Å²) in [6, 6.07) is 6.54. The zero-order valence-corrected chi connectivity index (χ0v) is 13.0. The molecule has 3 amide bonds. The number of nitrogens with one attached hydrogen (secondary N) is 3. The summed E-state index contributed by atoms with van der Waals surface area (Å²) in [5.74, 6) is -1.22. The van der Waals surface area contributed by atoms with Gasteiger partial charge in [-0.2, -0.15) is 0 Å². The topological polar surface area (TPSA) is 132 Å². The summed E-state index contributed by atoms with van der Waals surface area (Å²) in [5, 5.41) is 2.36. The molecular formula is C16H14N4O5. The number of anilines is 1. The van der Waals surface area contributed by atoms with Crippen LogP contribution in [0, 0.1) is 0 Å². The third-order valence-corrected chi connectivity index (χ3v) is 3.76. The van der Waals surface area contributed by atoms with Crippen LogP contribution in [0.25, 0.3) is 0 Å². The van der Waals surface area contributed by atoms with Crippen molar-refractivity contribution >= 4 is 23.4 Å². The first-order valence-electron chi connectivity index (χ1n) is 7.54. The van der Waals surface area contributed by atoms with E-state index in [1.807, 2.05) is 4.98 Å². The summed E-state index contributed by atoms with van der Waals surface area (Å²) in [5.41, 5.74) is -0.746. The molecule has 0 fully saturated rings. The minimum absolute atomic E-state index is 0.00592. The standard InChI is InChI=1S/C16H14N4O5/c21-12(18-11-8-17-16(25)19-13(11)22)6-3-7-20-14(23)9-4-1-2-5-10(9)15(20)24/h1-2,4-5,8H,3,6-7H2,(H,18,21)(H2,17,19,22,25). The number of carbonyl (C=O) groups excluding carboxylic acids is 3. The van der Waals surface area contributed by atoms with Gasteiger partial charge in [0.05, 0.1) is 11.1 Å². The van der Waals surface area contributed by atoms with Gasteiger partial charge in [0.25, 0.3) is 17.4 Å². The summed E-state index contributed by atoms with van der Waals surface area (Å²) in [7, 11) is 0. The molecule has 1 aliphatic heterocycles. The van der Waals surface area contributed by atoms with Gasteiger partial charge in [0.15, 0.2) is 0 Å². The minimum atomic E-state index is -0.711. The molecule has 0 spiro atoms. The van der Waals surface area contributed by atoms with E-state index in [1.165, 1.54) is 0 Å². The second-order valence-corrected chi connectivity index (χ2v) is 5.44. The maximum atomic E-state index is 12.2. The van der Waals surface area contributed by atoms with Crippen LogP contribution in [-0.2, 0) is 4.79 Å². The Morgan fingerprint density at radius 1 is 1.04 bits per heavy atom. The summed E-state index contributed by atoms with van der Waals surface area (Å²) in [4.78, 5) is 63.9. The number of aromatic nitrogens is 2. The van der Waals surface area contributed by atoms with E-state index in [1.54, 1.807) is 24.3 Å². The normalized spacial score (nSPS) is 13.0. The number of nitrogens with zero attached hydrogens (tertiary/aromatic N) is 1. The molecule has 2 aromatic rings. The van der Waals surface area contributed by atoms with Gasteiger partial charge in [-0.1, -0.05) is 12.1 Å². The molecule has 25 heavy (non-hydrogen) atoms. The predicted octanol–water partition coefficient (Wildman–Crippen LogP) is 0.0781. The van der Waals surface area contributed by atoms with Gasteiger partial charge in [-0.05, 0) is 18.6 Å². The van der Waals surface area contributed by atoms with E-state index in [0.717, 1.165) is 11.1 Å². The molecule has 3 N–H and O–H groups in total. The van der Waals surface area contributed by atoms with Crippen LogP contribution >= 0.6 is 0 Å². The van der Waals surface area contributed by atoms with Crippen molar-refractivity contribution in [2.24, 2.45) is 0 Å². The fourth-order valence-corrected chi connectivity index (χ4v) is 2.56. The molecule has 9 nitrogen and oxygen atoms in total. The third kappa shape index (κ3) is 3.25. The van der Waals surface area contributed by atoms with Crippen LogP contribution in [0.3, 0.4) is 0 Å². The minimum Gasteiger partial charge on any atom is -0.320 e. The maximum Gasteiger partial charge on any atom is 0.325 e. The second kappa shape index (κ2) is 6.56. The van der Waals surface area contributed by atoms with E-state index in [9.17, 15) is 24.0 Å². The molecule has 0 radical (unpaired) electrons. The number of fused-ring (bicyclic) bond motifs is 1. The quantitative estimate of drug-likeness (QED) is 0.662. The molecule has 9 heteroatoms. The SMILES string of the molecule is O=C(CCCN1C(=O)c2ccccc2C1=O)Nc1c[nH]c(=O)[nH]c1=O. The lowest BCUT2D eigenvalue weighted by Gasteiger charge is -2.13. The third-order valence-electron chi connectivity index (χ3n) is 3.76. The zero-order valence-electron chi connectivity index (χ0n) is 13.0. The number of aromatic amines is 2. The number of benzene rings is 1. The van der Waals surface area contributed by atoms with E-state index in [4.69, 9.17) is 0 Å². The lowest BCUT2D eigenvalue weighted by Crippen LogP contribution is -2.31. The van der Waals surface area contributed by atoms with Gasteiger partial charge in [-0.25, -0.2) is 4.79 Å². The average molecular weight is 342 g/mol. The van der Waals surface area contributed by atoms with Crippen LogP contribution < -0.4 is 16.6 Å². The maximum absolute atomic E-state index is 12.2. The Balaban J connectivity index is 1.56. The van der Waals surface area contributed by atoms with Crippen LogP contribution in [0.1, 0.15) is 33.6 Å². The van der Waals surface area contributed by atoms with Crippen molar-refractivity contribution < 1.29 is 14.4 Å². The summed E-state index contributed by atoms with van der Waals surface area (Å²) in [6.07, 6.45) is 1.35. The van der Waals surface area contributed by atoms with Gasteiger partial charge in [-0.3, -0.25) is 29.1 Å². The van der Waals surface area contributed by atoms with Gasteiger partial charge in [0.1, 0.15) is 5.69 Å². The monoisotopic (exact) mass is 342 g/mol. The predicted molar refractivity (Wildman–Crippen MR) is 87.4 cm³/mol. The smallest absolute Gasteiger partial charge is 0.320 e. The van der Waals surface area contributed by atoms with E-state index in [2.05, 4.69) is 10.3 Å². The molecule has 3 rings (SSSR count). The Morgan fingerprint density at radius 2 is 1.68 bits per heavy atom. The Bertz CT molecular complexity index is 940. The number of rotatable bonds is 5. The highest BCUT2D eigenvalue weighted by molar-refractivity contribution is 6.21. The Kier molecular flexibility index (Phi) is 4.29. The fraction of sp³-hybridized carbons (Fsp3) is 0.188. The van der Waals surface area contributed by atoms with Gasteiger partial charge in [0.2, 0.25) is 5.91 Å². The molecule has 0 unspecified atom stereocenters. The molecule has 2 heterocycles. The average Bonchev–Trinajstić information content (AvgIpc) is 2.83. The molecular weight excluding hydrogens is 328 g/mol. The van der Waals surface area contributed by atoms with Crippen molar-refractivity contribution in [2.45, 2.75) is 12.8 Å². The number of amides is 3. The number of imide groups is 1. The lowest BCUT2D eigenvalue weighted by molar-refractivity contribution is -0.116. The second-order valence-electron chi connectivity index (χ2n) is 5.44. The van der Waals surface area contributed by atoms with Crippen molar-refractivity contribution in [3.63, 3.8) is 0 Å². The van der Waals surface area contributed by atoms with E-state index < -0.39 is 17.2 Å². The van der Waals surface area contributed by atoms with Crippen LogP contribution in [-0.4, -0.2) is 39.1 Å². The summed E-state index contributed by atoms with van der Waals surface area (Å²) < 4.78 is 0. The fourth-order valence-electron chi connectivity index (χ4n) is 2.56. The van der Waals surface area contributed by atoms with Gasteiger partial charge in [-0.15, -0.1) is 0 Å². The van der Waals surface area contributed by atoms with Crippen molar-refractivity contribution in [3.8, 4) is 0 Å². The number of hydrogen-bond acceptors (Lipinski definition) is 5. The molecule has 1 aromatic heterocycles. The molecule has 0 atom stereocenters. The van der Waals surface area contributed by atoms with Crippen LogP contribution in [0.2, 0.25) is 0 Å². The largest absolute Gasteiger partial charge is 0.325 e. The Hall–Kier alpha value is -3.49. The molecule has 0 saturated carbocycles. The van der Waals surface area contributed by atoms with Crippen LogP contribution in [0.5, 0.6) is 0 Å². The Labute approximate surface area is 140 Å². The van der Waals surface area contributed by atoms with Gasteiger partial charge >= 0.3 is 5.69 Å². The first kappa shape index (κ1) is 16.4. The molecule has 1 aliphatic rings. The Morgan fingerprint density at radius 3 is 2.28 bits per heavy atom. The number of H-pyrrole nitrogens is 2. The highest BCUT2D eigenvalue weighted by atomic mass is 16.2. The van der Waals surface area contributed by atoms with Crippen molar-refractivity contribution in [1.29, 1.82) is 0 Å². The molecule has 1 aromatic carbocycles. The summed E-state index contributed by atoms with van der Waals surface area (Å²) >= 11 is 0. The molecule has 0 saturated heterocycles. The molecule has 128 valence electrons. The van der Waals surface area contributed by atoms with Gasteiger partial charge < -0.3 is 10.3 Å². The van der Waals surface area contributed by atoms with E-state index >= 15 is 0 Å². The highest BCUT2D eigenvalue weighted by Crippen LogP contribution is 2.22. The van der Waals surface area contributed by atoms with Gasteiger partial charge in [0, 0.05) is 19.2 Å². The first-order chi connectivity index (χ1) is 12.0. The van der Waals surface area contributed by atoms with E-state index in [0.29, 0.717) is 11.1 Å². The molecule has 0 bridgehead atoms. The van der Waals surface area contributed by atoms with Crippen LogP contribution in [0.15, 0.2) is 40.1 Å². The summed E-state index contributed by atoms with van der Waals surface area (Å²) in [6.45, 7) is 0.0990. The van der Waals surface area contributed by atoms with E-state index in [-0.39, 0.29) is 36.9 Å². The highest BCUT2D eigenvalue weighted by Gasteiger charge is 2.34. The first-order valence-corrected chi connectivity index (χ1v) is 7.54. The number of carbonyl (C=O) groups is 3. The molecule has 0 aliphatic carbocycles. The van der Waals surface area contributed by atoms with Crippen molar-refractivity contribution in [2.75, 3.05) is 11.9 Å². The van der Waals surface area contributed by atoms with Crippen molar-refractivity contribution in [1.82, 2.24) is 14.9 Å². The van der Waals surface area contributed by atoms with Crippen LogP contribution in [0.4, 0.5) is 5.69 Å².